The number of hydrogen-bond donors (Lipinski definition) is 1. The first-order valence-electron chi connectivity index (χ1n) is 7.64. The molecule has 2 aromatic carbocycles. The van der Waals surface area contributed by atoms with Gasteiger partial charge in [0.25, 0.3) is 0 Å². The molecule has 0 saturated heterocycles. The average molecular weight is 291 g/mol. The number of aliphatic imine (C=N–C) groups is 1. The van der Waals surface area contributed by atoms with Crippen molar-refractivity contribution < 1.29 is 0 Å². The second-order valence-electron chi connectivity index (χ2n) is 5.40. The zero-order valence-corrected chi connectivity index (χ0v) is 13.1. The molecule has 1 aliphatic carbocycles. The van der Waals surface area contributed by atoms with Crippen molar-refractivity contribution in [1.29, 1.82) is 0 Å². The van der Waals surface area contributed by atoms with E-state index >= 15 is 0 Å². The Hall–Kier alpha value is -2.55. The van der Waals surface area contributed by atoms with Crippen LogP contribution >= 0.6 is 0 Å². The molecular formula is C19H21N3. The fourth-order valence-electron chi connectivity index (χ4n) is 2.88. The highest BCUT2D eigenvalue weighted by Gasteiger charge is 2.19. The van der Waals surface area contributed by atoms with Crippen LogP contribution in [-0.2, 0) is 12.8 Å². The van der Waals surface area contributed by atoms with E-state index in [0.29, 0.717) is 5.96 Å². The van der Waals surface area contributed by atoms with Crippen LogP contribution in [0.3, 0.4) is 0 Å². The molecule has 0 atom stereocenters. The lowest BCUT2D eigenvalue weighted by molar-refractivity contribution is 1.13. The number of aryl methyl sites for hydroxylation is 1. The zero-order valence-electron chi connectivity index (χ0n) is 13.1. The van der Waals surface area contributed by atoms with Gasteiger partial charge in [0.1, 0.15) is 0 Å². The van der Waals surface area contributed by atoms with Gasteiger partial charge < -0.3 is 5.73 Å². The van der Waals surface area contributed by atoms with E-state index in [2.05, 4.69) is 66.5 Å². The van der Waals surface area contributed by atoms with Crippen molar-refractivity contribution in [1.82, 2.24) is 0 Å². The molecule has 3 heteroatoms. The highest BCUT2D eigenvalue weighted by molar-refractivity contribution is 6.03. The summed E-state index contributed by atoms with van der Waals surface area (Å²) in [5.74, 6) is 0.502. The Bertz CT molecular complexity index is 744. The van der Waals surface area contributed by atoms with Gasteiger partial charge in [0, 0.05) is 18.3 Å². The number of nitrogens with zero attached hydrogens (tertiary/aromatic N) is 2. The molecule has 0 bridgehead atoms. The number of fused-ring (bicyclic) bond motifs is 1. The van der Waals surface area contributed by atoms with Crippen molar-refractivity contribution in [3.63, 3.8) is 0 Å². The van der Waals surface area contributed by atoms with Gasteiger partial charge in [-0.15, -0.1) is 0 Å². The van der Waals surface area contributed by atoms with Crippen molar-refractivity contribution in [3.8, 4) is 0 Å². The van der Waals surface area contributed by atoms with Crippen LogP contribution in [-0.4, -0.2) is 13.0 Å². The van der Waals surface area contributed by atoms with Crippen LogP contribution in [0.2, 0.25) is 0 Å². The predicted molar refractivity (Wildman–Crippen MR) is 94.7 cm³/mol. The lowest BCUT2D eigenvalue weighted by atomic mass is 10.1. The first kappa shape index (κ1) is 14.4. The van der Waals surface area contributed by atoms with Crippen molar-refractivity contribution in [2.24, 2.45) is 10.7 Å². The maximum Gasteiger partial charge on any atom is 0.200 e. The Morgan fingerprint density at radius 3 is 2.82 bits per heavy atom. The maximum atomic E-state index is 6.22. The van der Waals surface area contributed by atoms with Crippen LogP contribution in [0, 0.1) is 0 Å². The second-order valence-corrected chi connectivity index (χ2v) is 5.40. The van der Waals surface area contributed by atoms with Gasteiger partial charge >= 0.3 is 0 Å². The first-order chi connectivity index (χ1) is 10.7. The summed E-state index contributed by atoms with van der Waals surface area (Å²) >= 11 is 0. The van der Waals surface area contributed by atoms with Gasteiger partial charge in [0.05, 0.1) is 5.69 Å². The third kappa shape index (κ3) is 2.50. The van der Waals surface area contributed by atoms with E-state index in [4.69, 9.17) is 5.73 Å². The molecule has 0 radical (unpaired) electrons. The third-order valence-electron chi connectivity index (χ3n) is 4.07. The van der Waals surface area contributed by atoms with Gasteiger partial charge in [-0.25, -0.2) is 0 Å². The molecule has 0 aromatic heterocycles. The van der Waals surface area contributed by atoms with Gasteiger partial charge in [-0.3, -0.25) is 9.89 Å². The van der Waals surface area contributed by atoms with Crippen molar-refractivity contribution in [2.75, 3.05) is 11.9 Å². The Morgan fingerprint density at radius 2 is 2.05 bits per heavy atom. The quantitative estimate of drug-likeness (QED) is 0.688. The number of guanidine groups is 1. The minimum atomic E-state index is 0.502. The molecule has 0 saturated carbocycles. The van der Waals surface area contributed by atoms with Gasteiger partial charge in [-0.05, 0) is 42.2 Å². The van der Waals surface area contributed by atoms with E-state index in [-0.39, 0.29) is 0 Å². The predicted octanol–water partition coefficient (Wildman–Crippen LogP) is 3.90. The van der Waals surface area contributed by atoms with Crippen molar-refractivity contribution in [3.05, 3.63) is 65.2 Å². The molecule has 0 fully saturated rings. The Morgan fingerprint density at radius 1 is 1.23 bits per heavy atom. The summed E-state index contributed by atoms with van der Waals surface area (Å²) in [5.41, 5.74) is 12.2. The highest BCUT2D eigenvalue weighted by Crippen LogP contribution is 2.34. The summed E-state index contributed by atoms with van der Waals surface area (Å²) in [6.07, 6.45) is 6.34. The summed E-state index contributed by atoms with van der Waals surface area (Å²) in [6.45, 7) is 2.16. The number of allylic oxidation sites excluding steroid dienone is 1. The fraction of sp³-hybridized carbons (Fsp3) is 0.211. The van der Waals surface area contributed by atoms with Crippen LogP contribution in [0.1, 0.15) is 23.6 Å². The molecule has 22 heavy (non-hydrogen) atoms. The summed E-state index contributed by atoms with van der Waals surface area (Å²) in [7, 11) is 1.73. The zero-order chi connectivity index (χ0) is 15.5. The van der Waals surface area contributed by atoms with E-state index in [9.17, 15) is 0 Å². The molecule has 3 nitrogen and oxygen atoms in total. The monoisotopic (exact) mass is 291 g/mol. The van der Waals surface area contributed by atoms with Crippen LogP contribution in [0.15, 0.2) is 53.5 Å². The normalized spacial score (nSPS) is 13.3. The van der Waals surface area contributed by atoms with Gasteiger partial charge in [0.15, 0.2) is 5.96 Å². The molecule has 2 N–H and O–H groups in total. The van der Waals surface area contributed by atoms with E-state index in [1.165, 1.54) is 16.7 Å². The highest BCUT2D eigenvalue weighted by atomic mass is 15.3. The van der Waals surface area contributed by atoms with E-state index < -0.39 is 0 Å². The smallest absolute Gasteiger partial charge is 0.200 e. The average Bonchev–Trinajstić information content (AvgIpc) is 3.04. The number of rotatable bonds is 3. The molecule has 2 aromatic rings. The molecule has 0 amide bonds. The molecule has 0 heterocycles. The Balaban J connectivity index is 2.16. The molecule has 3 rings (SSSR count). The molecular weight excluding hydrogens is 270 g/mol. The number of benzene rings is 2. The summed E-state index contributed by atoms with van der Waals surface area (Å²) in [4.78, 5) is 6.25. The lowest BCUT2D eigenvalue weighted by Crippen LogP contribution is -2.34. The van der Waals surface area contributed by atoms with Gasteiger partial charge in [0.2, 0.25) is 0 Å². The molecule has 1 aliphatic rings. The maximum absolute atomic E-state index is 6.22. The molecule has 0 spiro atoms. The topological polar surface area (TPSA) is 41.6 Å². The Labute approximate surface area is 131 Å². The van der Waals surface area contributed by atoms with Crippen LogP contribution < -0.4 is 10.6 Å². The standard InChI is InChI=1S/C19H21N3/c1-3-14-7-4-10-16(13-14)22(19(20)21-2)18-12-6-9-15-8-5-11-17(15)18/h4-7,9-13H,3,8H2,1-2H3,(H2,20,21). The van der Waals surface area contributed by atoms with Crippen molar-refractivity contribution >= 4 is 23.4 Å². The van der Waals surface area contributed by atoms with E-state index in [0.717, 1.165) is 24.2 Å². The summed E-state index contributed by atoms with van der Waals surface area (Å²) < 4.78 is 0. The van der Waals surface area contributed by atoms with Crippen LogP contribution in [0.5, 0.6) is 0 Å². The molecule has 0 unspecified atom stereocenters. The first-order valence-corrected chi connectivity index (χ1v) is 7.64. The SMILES string of the molecule is CCc1cccc(N(C(N)=NC)c2cccc3c2C=CC3)c1. The summed E-state index contributed by atoms with van der Waals surface area (Å²) in [6, 6.07) is 14.8. The number of nitrogens with two attached hydrogens (primary N) is 1. The van der Waals surface area contributed by atoms with E-state index in [1.807, 2.05) is 4.90 Å². The summed E-state index contributed by atoms with van der Waals surface area (Å²) in [5, 5.41) is 0. The molecule has 112 valence electrons. The largest absolute Gasteiger partial charge is 0.369 e. The minimum absolute atomic E-state index is 0.502. The Kier molecular flexibility index (Phi) is 3.96. The number of anilines is 2. The van der Waals surface area contributed by atoms with Gasteiger partial charge in [-0.1, -0.05) is 43.3 Å². The van der Waals surface area contributed by atoms with Crippen LogP contribution in [0.4, 0.5) is 11.4 Å². The third-order valence-corrected chi connectivity index (χ3v) is 4.07. The lowest BCUT2D eigenvalue weighted by Gasteiger charge is -2.26. The van der Waals surface area contributed by atoms with Gasteiger partial charge in [-0.2, -0.15) is 0 Å². The second kappa shape index (κ2) is 6.06. The number of hydrogen-bond acceptors (Lipinski definition) is 1. The van der Waals surface area contributed by atoms with E-state index in [1.54, 1.807) is 7.05 Å². The van der Waals surface area contributed by atoms with Crippen LogP contribution in [0.25, 0.3) is 6.08 Å². The minimum Gasteiger partial charge on any atom is -0.369 e. The van der Waals surface area contributed by atoms with Crippen molar-refractivity contribution in [2.45, 2.75) is 19.8 Å². The fourth-order valence-corrected chi connectivity index (χ4v) is 2.88. The molecule has 0 aliphatic heterocycles.